The normalized spacial score (nSPS) is 11.8. The summed E-state index contributed by atoms with van der Waals surface area (Å²) in [6.07, 6.45) is 0. The summed E-state index contributed by atoms with van der Waals surface area (Å²) in [5, 5.41) is 10.3. The summed E-state index contributed by atoms with van der Waals surface area (Å²) in [7, 11) is 0. The first-order chi connectivity index (χ1) is 12.4. The maximum Gasteiger partial charge on any atom is 0.261 e. The molecule has 0 radical (unpaired) electrons. The van der Waals surface area contributed by atoms with Crippen LogP contribution in [0.1, 0.15) is 23.5 Å². The van der Waals surface area contributed by atoms with Crippen molar-refractivity contribution in [3.05, 3.63) is 40.6 Å². The number of carbonyl (C=O) groups excluding carboxylic acids is 3. The third kappa shape index (κ3) is 4.24. The van der Waals surface area contributed by atoms with Crippen molar-refractivity contribution >= 4 is 61.4 Å². The van der Waals surface area contributed by atoms with Crippen molar-refractivity contribution in [2.24, 2.45) is 0 Å². The summed E-state index contributed by atoms with van der Waals surface area (Å²) >= 11 is 2.61. The van der Waals surface area contributed by atoms with E-state index >= 15 is 0 Å². The number of hydrogen-bond acceptors (Lipinski definition) is 6. The van der Waals surface area contributed by atoms with E-state index in [4.69, 9.17) is 0 Å². The second-order valence-corrected chi connectivity index (χ2v) is 7.52. The third-order valence-electron chi connectivity index (χ3n) is 3.42. The van der Waals surface area contributed by atoms with Gasteiger partial charge < -0.3 is 16.0 Å². The number of thiophene rings is 1. The van der Waals surface area contributed by atoms with Gasteiger partial charge in [0.2, 0.25) is 11.8 Å². The number of benzene rings is 1. The van der Waals surface area contributed by atoms with E-state index in [-0.39, 0.29) is 17.7 Å². The van der Waals surface area contributed by atoms with Gasteiger partial charge in [0, 0.05) is 12.6 Å². The van der Waals surface area contributed by atoms with Crippen molar-refractivity contribution in [1.29, 1.82) is 0 Å². The lowest BCUT2D eigenvalue weighted by atomic mass is 10.3. The number of nitrogens with zero attached hydrogens (tertiary/aromatic N) is 1. The van der Waals surface area contributed by atoms with Crippen LogP contribution in [-0.2, 0) is 9.59 Å². The lowest BCUT2D eigenvalue weighted by molar-refractivity contribution is -0.117. The van der Waals surface area contributed by atoms with Crippen LogP contribution in [0, 0.1) is 0 Å². The Labute approximate surface area is 157 Å². The van der Waals surface area contributed by atoms with E-state index in [1.54, 1.807) is 42.6 Å². The van der Waals surface area contributed by atoms with Crippen molar-refractivity contribution in [1.82, 2.24) is 10.3 Å². The minimum atomic E-state index is -0.702. The molecule has 0 aliphatic rings. The summed E-state index contributed by atoms with van der Waals surface area (Å²) in [5.74, 6) is -0.791. The number of fused-ring (bicyclic) bond motifs is 1. The van der Waals surface area contributed by atoms with E-state index in [0.717, 1.165) is 10.2 Å². The molecule has 1 unspecified atom stereocenters. The van der Waals surface area contributed by atoms with E-state index in [1.165, 1.54) is 29.6 Å². The highest BCUT2D eigenvalue weighted by molar-refractivity contribution is 7.22. The van der Waals surface area contributed by atoms with E-state index in [9.17, 15) is 14.4 Å². The molecule has 3 amide bonds. The molecule has 1 atom stereocenters. The number of rotatable bonds is 5. The molecule has 3 N–H and O–H groups in total. The Morgan fingerprint density at radius 2 is 1.96 bits per heavy atom. The second kappa shape index (κ2) is 7.63. The number of amides is 3. The third-order valence-corrected chi connectivity index (χ3v) is 5.23. The molecule has 0 saturated carbocycles. The largest absolute Gasteiger partial charge is 0.340 e. The average Bonchev–Trinajstić information content (AvgIpc) is 3.22. The lowest BCUT2D eigenvalue weighted by Crippen LogP contribution is -2.41. The Balaban J connectivity index is 1.66. The second-order valence-electron chi connectivity index (χ2n) is 5.54. The van der Waals surface area contributed by atoms with Crippen molar-refractivity contribution in [3.8, 4) is 0 Å². The Morgan fingerprint density at radius 3 is 2.65 bits per heavy atom. The summed E-state index contributed by atoms with van der Waals surface area (Å²) in [5.41, 5.74) is 1.39. The van der Waals surface area contributed by atoms with Gasteiger partial charge in [-0.05, 0) is 36.6 Å². The Hall–Kier alpha value is -2.78. The van der Waals surface area contributed by atoms with Crippen LogP contribution in [0.2, 0.25) is 0 Å². The highest BCUT2D eigenvalue weighted by Crippen LogP contribution is 2.28. The molecule has 1 aromatic carbocycles. The topological polar surface area (TPSA) is 100 Å². The predicted octanol–water partition coefficient (Wildman–Crippen LogP) is 3.07. The molecule has 0 saturated heterocycles. The standard InChI is InChI=1S/C17H16N4O3S2/c1-9(18-16(24)13-4-3-7-25-13)15(23)21-17-20-12-6-5-11(19-10(2)22)8-14(12)26-17/h3-9H,1-2H3,(H,18,24)(H,19,22)(H,20,21,23). The first-order valence-electron chi connectivity index (χ1n) is 7.76. The molecule has 134 valence electrons. The molecule has 26 heavy (non-hydrogen) atoms. The number of hydrogen-bond donors (Lipinski definition) is 3. The van der Waals surface area contributed by atoms with Gasteiger partial charge in [0.1, 0.15) is 6.04 Å². The monoisotopic (exact) mass is 388 g/mol. The fourth-order valence-corrected chi connectivity index (χ4v) is 3.75. The van der Waals surface area contributed by atoms with Crippen LogP contribution >= 0.6 is 22.7 Å². The fraction of sp³-hybridized carbons (Fsp3) is 0.176. The Kier molecular flexibility index (Phi) is 5.29. The maximum absolute atomic E-state index is 12.3. The van der Waals surface area contributed by atoms with Crippen LogP contribution in [0.3, 0.4) is 0 Å². The number of aromatic nitrogens is 1. The van der Waals surface area contributed by atoms with Gasteiger partial charge >= 0.3 is 0 Å². The minimum absolute atomic E-state index is 0.155. The van der Waals surface area contributed by atoms with Crippen LogP contribution in [0.5, 0.6) is 0 Å². The molecule has 0 bridgehead atoms. The van der Waals surface area contributed by atoms with Gasteiger partial charge in [0.05, 0.1) is 15.1 Å². The number of carbonyl (C=O) groups is 3. The van der Waals surface area contributed by atoms with E-state index in [2.05, 4.69) is 20.9 Å². The SMILES string of the molecule is CC(=O)Nc1ccc2nc(NC(=O)C(C)NC(=O)c3cccs3)sc2c1. The zero-order valence-corrected chi connectivity index (χ0v) is 15.7. The molecule has 0 fully saturated rings. The van der Waals surface area contributed by atoms with Crippen LogP contribution in [0.4, 0.5) is 10.8 Å². The molecule has 0 aliphatic carbocycles. The Morgan fingerprint density at radius 1 is 1.15 bits per heavy atom. The highest BCUT2D eigenvalue weighted by Gasteiger charge is 2.18. The van der Waals surface area contributed by atoms with Crippen LogP contribution < -0.4 is 16.0 Å². The first-order valence-corrected chi connectivity index (χ1v) is 9.45. The molecular formula is C17H16N4O3S2. The summed E-state index contributed by atoms with van der Waals surface area (Å²) in [6.45, 7) is 3.05. The molecule has 2 heterocycles. The van der Waals surface area contributed by atoms with E-state index in [0.29, 0.717) is 15.7 Å². The zero-order chi connectivity index (χ0) is 18.7. The number of anilines is 2. The van der Waals surface area contributed by atoms with Crippen molar-refractivity contribution in [2.45, 2.75) is 19.9 Å². The fourth-order valence-electron chi connectivity index (χ4n) is 2.21. The van der Waals surface area contributed by atoms with Crippen molar-refractivity contribution < 1.29 is 14.4 Å². The van der Waals surface area contributed by atoms with Gasteiger partial charge in [-0.25, -0.2) is 4.98 Å². The number of thiazole rings is 1. The molecule has 2 aromatic heterocycles. The smallest absolute Gasteiger partial charge is 0.261 e. The summed E-state index contributed by atoms with van der Waals surface area (Å²) in [6, 6.07) is 8.09. The van der Waals surface area contributed by atoms with E-state index < -0.39 is 6.04 Å². The number of nitrogens with one attached hydrogen (secondary N) is 3. The Bertz CT molecular complexity index is 966. The van der Waals surface area contributed by atoms with Gasteiger partial charge in [-0.3, -0.25) is 14.4 Å². The minimum Gasteiger partial charge on any atom is -0.340 e. The van der Waals surface area contributed by atoms with Crippen molar-refractivity contribution in [2.75, 3.05) is 10.6 Å². The average molecular weight is 388 g/mol. The van der Waals surface area contributed by atoms with Crippen LogP contribution in [-0.4, -0.2) is 28.7 Å². The quantitative estimate of drug-likeness (QED) is 0.625. The van der Waals surface area contributed by atoms with Gasteiger partial charge in [-0.1, -0.05) is 17.4 Å². The summed E-state index contributed by atoms with van der Waals surface area (Å²) < 4.78 is 0.835. The molecule has 3 aromatic rings. The van der Waals surface area contributed by atoms with Crippen LogP contribution in [0.15, 0.2) is 35.7 Å². The van der Waals surface area contributed by atoms with Gasteiger partial charge in [0.15, 0.2) is 5.13 Å². The van der Waals surface area contributed by atoms with Crippen molar-refractivity contribution in [3.63, 3.8) is 0 Å². The van der Waals surface area contributed by atoms with Gasteiger partial charge in [-0.15, -0.1) is 11.3 Å². The zero-order valence-electron chi connectivity index (χ0n) is 14.0. The highest BCUT2D eigenvalue weighted by atomic mass is 32.1. The first kappa shape index (κ1) is 18.0. The van der Waals surface area contributed by atoms with Crippen LogP contribution in [0.25, 0.3) is 10.2 Å². The maximum atomic E-state index is 12.3. The molecule has 0 spiro atoms. The molecular weight excluding hydrogens is 372 g/mol. The molecule has 7 nitrogen and oxygen atoms in total. The summed E-state index contributed by atoms with van der Waals surface area (Å²) in [4.78, 5) is 40.3. The van der Waals surface area contributed by atoms with Gasteiger partial charge in [0.25, 0.3) is 5.91 Å². The van der Waals surface area contributed by atoms with Gasteiger partial charge in [-0.2, -0.15) is 0 Å². The molecule has 3 rings (SSSR count). The lowest BCUT2D eigenvalue weighted by Gasteiger charge is -2.12. The predicted molar refractivity (Wildman–Crippen MR) is 104 cm³/mol. The van der Waals surface area contributed by atoms with E-state index in [1.807, 2.05) is 0 Å². The molecule has 9 heteroatoms. The molecule has 0 aliphatic heterocycles.